The van der Waals surface area contributed by atoms with Crippen LogP contribution in [0.5, 0.6) is 0 Å². The lowest BCUT2D eigenvalue weighted by Gasteiger charge is -2.55. The first-order valence-corrected chi connectivity index (χ1v) is 10.0. The van der Waals surface area contributed by atoms with Crippen LogP contribution in [-0.4, -0.2) is 43.4 Å². The summed E-state index contributed by atoms with van der Waals surface area (Å²) < 4.78 is 11.2. The largest absolute Gasteiger partial charge is 0.422 e. The molecule has 1 spiro atoms. The number of rotatable bonds is 1. The Morgan fingerprint density at radius 1 is 0.897 bits per heavy atom. The summed E-state index contributed by atoms with van der Waals surface area (Å²) >= 11 is 0. The van der Waals surface area contributed by atoms with E-state index < -0.39 is 23.1 Å². The molecule has 150 valence electrons. The molecule has 0 N–H and O–H groups in total. The van der Waals surface area contributed by atoms with Gasteiger partial charge in [0.1, 0.15) is 0 Å². The first-order chi connectivity index (χ1) is 13.9. The molecule has 5 rings (SSSR count). The van der Waals surface area contributed by atoms with Gasteiger partial charge in [-0.05, 0) is 23.8 Å². The summed E-state index contributed by atoms with van der Waals surface area (Å²) in [5.74, 6) is -2.22. The SMILES string of the molecule is CC1(C)OC(=O)C2(Cc3ccccc3N3CCN(c4ccccc4)CC32)C(=O)O1. The van der Waals surface area contributed by atoms with Gasteiger partial charge in [-0.2, -0.15) is 0 Å². The summed E-state index contributed by atoms with van der Waals surface area (Å²) in [6, 6.07) is 17.7. The smallest absolute Gasteiger partial charge is 0.329 e. The maximum Gasteiger partial charge on any atom is 0.329 e. The highest BCUT2D eigenvalue weighted by Gasteiger charge is 2.64. The highest BCUT2D eigenvalue weighted by atomic mass is 16.7. The van der Waals surface area contributed by atoms with E-state index in [2.05, 4.69) is 28.0 Å². The zero-order chi connectivity index (χ0) is 20.2. The lowest BCUT2D eigenvalue weighted by molar-refractivity contribution is -0.253. The van der Waals surface area contributed by atoms with E-state index in [0.29, 0.717) is 19.5 Å². The Balaban J connectivity index is 1.61. The van der Waals surface area contributed by atoms with E-state index in [9.17, 15) is 9.59 Å². The third-order valence-corrected chi connectivity index (χ3v) is 6.25. The molecule has 1 unspecified atom stereocenters. The molecule has 29 heavy (non-hydrogen) atoms. The van der Waals surface area contributed by atoms with Crippen LogP contribution in [0.15, 0.2) is 54.6 Å². The Hall–Kier alpha value is -3.02. The second kappa shape index (κ2) is 6.24. The zero-order valence-electron chi connectivity index (χ0n) is 16.6. The molecule has 2 aromatic rings. The van der Waals surface area contributed by atoms with Crippen LogP contribution in [0.4, 0.5) is 11.4 Å². The molecule has 3 heterocycles. The number of fused-ring (bicyclic) bond motifs is 4. The number of ether oxygens (including phenoxy) is 2. The maximum atomic E-state index is 13.3. The average molecular weight is 392 g/mol. The Morgan fingerprint density at radius 2 is 1.55 bits per heavy atom. The van der Waals surface area contributed by atoms with E-state index in [4.69, 9.17) is 9.47 Å². The summed E-state index contributed by atoms with van der Waals surface area (Å²) in [5.41, 5.74) is 1.78. The van der Waals surface area contributed by atoms with Crippen molar-refractivity contribution < 1.29 is 19.1 Å². The van der Waals surface area contributed by atoms with E-state index in [1.54, 1.807) is 13.8 Å². The number of piperazine rings is 1. The van der Waals surface area contributed by atoms with E-state index >= 15 is 0 Å². The highest BCUT2D eigenvalue weighted by Crippen LogP contribution is 2.48. The lowest BCUT2D eigenvalue weighted by atomic mass is 9.69. The highest BCUT2D eigenvalue weighted by molar-refractivity contribution is 6.04. The Kier molecular flexibility index (Phi) is 3.88. The summed E-state index contributed by atoms with van der Waals surface area (Å²) in [5, 5.41) is 0. The molecular weight excluding hydrogens is 368 g/mol. The Morgan fingerprint density at radius 3 is 2.28 bits per heavy atom. The lowest BCUT2D eigenvalue weighted by Crippen LogP contribution is -2.71. The fourth-order valence-electron chi connectivity index (χ4n) is 4.87. The quantitative estimate of drug-likeness (QED) is 0.549. The number of esters is 2. The number of hydrogen-bond acceptors (Lipinski definition) is 6. The van der Waals surface area contributed by atoms with Gasteiger partial charge in [0, 0.05) is 51.3 Å². The van der Waals surface area contributed by atoms with E-state index in [1.807, 2.05) is 36.4 Å². The van der Waals surface area contributed by atoms with E-state index in [0.717, 1.165) is 23.5 Å². The minimum absolute atomic E-state index is 0.292. The topological polar surface area (TPSA) is 59.1 Å². The number of hydrogen-bond donors (Lipinski definition) is 0. The van der Waals surface area contributed by atoms with Gasteiger partial charge in [-0.25, -0.2) is 0 Å². The summed E-state index contributed by atoms with van der Waals surface area (Å²) in [7, 11) is 0. The number of benzene rings is 2. The van der Waals surface area contributed by atoms with E-state index in [-0.39, 0.29) is 6.04 Å². The van der Waals surface area contributed by atoms with Gasteiger partial charge in [0.15, 0.2) is 5.41 Å². The van der Waals surface area contributed by atoms with Gasteiger partial charge in [-0.3, -0.25) is 9.59 Å². The Labute approximate surface area is 170 Å². The first-order valence-electron chi connectivity index (χ1n) is 10.0. The molecular formula is C23H24N2O4. The predicted molar refractivity (Wildman–Crippen MR) is 109 cm³/mol. The van der Waals surface area contributed by atoms with Crippen molar-refractivity contribution in [1.29, 1.82) is 0 Å². The van der Waals surface area contributed by atoms with Gasteiger partial charge in [-0.1, -0.05) is 36.4 Å². The van der Waals surface area contributed by atoms with E-state index in [1.165, 1.54) is 0 Å². The van der Waals surface area contributed by atoms with Crippen molar-refractivity contribution in [2.24, 2.45) is 5.41 Å². The molecule has 6 nitrogen and oxygen atoms in total. The van der Waals surface area contributed by atoms with Crippen molar-refractivity contribution in [3.05, 3.63) is 60.2 Å². The minimum atomic E-state index is -1.36. The van der Waals surface area contributed by atoms with Crippen LogP contribution in [0.25, 0.3) is 0 Å². The molecule has 3 aliphatic heterocycles. The van der Waals surface area contributed by atoms with Crippen LogP contribution in [0, 0.1) is 5.41 Å². The Bertz CT molecular complexity index is 952. The van der Waals surface area contributed by atoms with Gasteiger partial charge >= 0.3 is 11.9 Å². The summed E-state index contributed by atoms with van der Waals surface area (Å²) in [4.78, 5) is 31.1. The van der Waals surface area contributed by atoms with Crippen molar-refractivity contribution in [1.82, 2.24) is 0 Å². The van der Waals surface area contributed by atoms with Crippen molar-refractivity contribution >= 4 is 23.3 Å². The molecule has 0 aliphatic carbocycles. The van der Waals surface area contributed by atoms with Gasteiger partial charge in [0.25, 0.3) is 5.79 Å². The maximum absolute atomic E-state index is 13.3. The number of nitrogens with zero attached hydrogens (tertiary/aromatic N) is 2. The number of carbonyl (C=O) groups is 2. The van der Waals surface area contributed by atoms with Gasteiger partial charge in [0.2, 0.25) is 0 Å². The third-order valence-electron chi connectivity index (χ3n) is 6.25. The molecule has 0 saturated carbocycles. The molecule has 2 aromatic carbocycles. The van der Waals surface area contributed by atoms with Crippen molar-refractivity contribution in [2.45, 2.75) is 32.1 Å². The molecule has 0 amide bonds. The van der Waals surface area contributed by atoms with Gasteiger partial charge in [-0.15, -0.1) is 0 Å². The van der Waals surface area contributed by atoms with Crippen LogP contribution in [0.3, 0.4) is 0 Å². The first kappa shape index (κ1) is 18.0. The number of anilines is 2. The fraction of sp³-hybridized carbons (Fsp3) is 0.391. The molecule has 2 saturated heterocycles. The van der Waals surface area contributed by atoms with Crippen molar-refractivity contribution in [3.8, 4) is 0 Å². The molecule has 0 radical (unpaired) electrons. The van der Waals surface area contributed by atoms with Gasteiger partial charge in [0.05, 0.1) is 6.04 Å². The molecule has 3 aliphatic rings. The number of cyclic esters (lactones) is 2. The van der Waals surface area contributed by atoms with Crippen LogP contribution in [0.2, 0.25) is 0 Å². The van der Waals surface area contributed by atoms with Crippen molar-refractivity contribution in [2.75, 3.05) is 29.4 Å². The molecule has 0 aromatic heterocycles. The van der Waals surface area contributed by atoms with Crippen LogP contribution >= 0.6 is 0 Å². The van der Waals surface area contributed by atoms with Crippen LogP contribution in [-0.2, 0) is 25.5 Å². The molecule has 6 heteroatoms. The monoisotopic (exact) mass is 392 g/mol. The number of para-hydroxylation sites is 2. The van der Waals surface area contributed by atoms with Crippen LogP contribution in [0.1, 0.15) is 19.4 Å². The summed E-state index contributed by atoms with van der Waals surface area (Å²) in [6.07, 6.45) is 0.292. The van der Waals surface area contributed by atoms with Crippen LogP contribution < -0.4 is 9.80 Å². The normalized spacial score (nSPS) is 24.4. The molecule has 0 bridgehead atoms. The van der Waals surface area contributed by atoms with Gasteiger partial charge < -0.3 is 19.3 Å². The predicted octanol–water partition coefficient (Wildman–Crippen LogP) is 2.76. The fourth-order valence-corrected chi connectivity index (χ4v) is 4.87. The minimum Gasteiger partial charge on any atom is -0.422 e. The molecule has 1 atom stereocenters. The second-order valence-electron chi connectivity index (χ2n) is 8.45. The molecule has 2 fully saturated rings. The average Bonchev–Trinajstić information content (AvgIpc) is 2.71. The third kappa shape index (κ3) is 2.69. The number of carbonyl (C=O) groups excluding carboxylic acids is 2. The second-order valence-corrected chi connectivity index (χ2v) is 8.45. The standard InChI is InChI=1S/C23H24N2O4/c1-22(2)28-20(26)23(21(27)29-22)14-16-8-6-7-11-18(16)25-13-12-24(15-19(23)25)17-9-4-3-5-10-17/h3-11,19H,12-15H2,1-2H3. The summed E-state index contributed by atoms with van der Waals surface area (Å²) in [6.45, 7) is 5.26. The zero-order valence-corrected chi connectivity index (χ0v) is 16.6. The van der Waals surface area contributed by atoms with Crippen molar-refractivity contribution in [3.63, 3.8) is 0 Å².